The number of carbonyl (C=O) groups excluding carboxylic acids is 1. The fourth-order valence-electron chi connectivity index (χ4n) is 2.08. The van der Waals surface area contributed by atoms with Gasteiger partial charge in [-0.3, -0.25) is 9.59 Å². The summed E-state index contributed by atoms with van der Waals surface area (Å²) < 4.78 is 5.09. The maximum atomic E-state index is 11.1. The number of carbonyl (C=O) groups is 2. The minimum absolute atomic E-state index is 0.0751. The Morgan fingerprint density at radius 2 is 1.30 bits per heavy atom. The van der Waals surface area contributed by atoms with Crippen LogP contribution < -0.4 is 0 Å². The third-order valence-corrected chi connectivity index (χ3v) is 3.25. The van der Waals surface area contributed by atoms with Crippen LogP contribution in [0.15, 0.2) is 0 Å². The maximum Gasteiger partial charge on any atom is 0.305 e. The van der Waals surface area contributed by atoms with Gasteiger partial charge in [-0.25, -0.2) is 0 Å². The van der Waals surface area contributed by atoms with E-state index in [9.17, 15) is 9.59 Å². The Morgan fingerprint density at radius 1 is 0.800 bits per heavy atom. The molecule has 0 atom stereocenters. The lowest BCUT2D eigenvalue weighted by Crippen LogP contribution is -2.04. The molecule has 0 aromatic rings. The second-order valence-corrected chi connectivity index (χ2v) is 5.30. The van der Waals surface area contributed by atoms with Gasteiger partial charge in [0.1, 0.15) is 0 Å². The van der Waals surface area contributed by atoms with Gasteiger partial charge in [0.05, 0.1) is 6.61 Å². The Labute approximate surface area is 122 Å². The molecule has 0 aliphatic carbocycles. The highest BCUT2D eigenvalue weighted by molar-refractivity contribution is 5.69. The van der Waals surface area contributed by atoms with Gasteiger partial charge in [0.25, 0.3) is 0 Å². The molecule has 0 aromatic heterocycles. The van der Waals surface area contributed by atoms with Crippen LogP contribution in [0.1, 0.15) is 84.0 Å². The fourth-order valence-corrected chi connectivity index (χ4v) is 2.08. The van der Waals surface area contributed by atoms with E-state index >= 15 is 0 Å². The Balaban J connectivity index is 3.06. The summed E-state index contributed by atoms with van der Waals surface area (Å²) >= 11 is 0. The van der Waals surface area contributed by atoms with E-state index in [2.05, 4.69) is 0 Å². The van der Waals surface area contributed by atoms with Crippen molar-refractivity contribution < 1.29 is 19.4 Å². The van der Waals surface area contributed by atoms with Gasteiger partial charge in [0.2, 0.25) is 0 Å². The van der Waals surface area contributed by atoms with Gasteiger partial charge in [-0.15, -0.1) is 0 Å². The average molecular weight is 286 g/mol. The Morgan fingerprint density at radius 3 is 1.80 bits per heavy atom. The number of aliphatic carboxylic acids is 1. The van der Waals surface area contributed by atoms with Crippen molar-refractivity contribution in [3.05, 3.63) is 0 Å². The van der Waals surface area contributed by atoms with Gasteiger partial charge in [0.15, 0.2) is 0 Å². The van der Waals surface area contributed by atoms with Crippen LogP contribution in [0.2, 0.25) is 0 Å². The zero-order valence-corrected chi connectivity index (χ0v) is 12.9. The molecule has 0 amide bonds. The number of hydrogen-bond donors (Lipinski definition) is 1. The van der Waals surface area contributed by atoms with E-state index in [4.69, 9.17) is 9.84 Å². The second kappa shape index (κ2) is 14.4. The summed E-state index contributed by atoms with van der Waals surface area (Å²) in [5.41, 5.74) is 0. The van der Waals surface area contributed by atoms with Crippen LogP contribution in [0.4, 0.5) is 0 Å². The normalized spacial score (nSPS) is 10.4. The number of carboxylic acid groups (broad SMARTS) is 1. The molecule has 0 aromatic carbocycles. The molecule has 0 saturated carbocycles. The van der Waals surface area contributed by atoms with Gasteiger partial charge in [-0.2, -0.15) is 0 Å². The van der Waals surface area contributed by atoms with Gasteiger partial charge < -0.3 is 9.84 Å². The molecular weight excluding hydrogens is 256 g/mol. The summed E-state index contributed by atoms with van der Waals surface area (Å²) in [7, 11) is 0. The van der Waals surface area contributed by atoms with Crippen LogP contribution in [0, 0.1) is 0 Å². The van der Waals surface area contributed by atoms with E-state index in [1.807, 2.05) is 6.92 Å². The number of carboxylic acids is 1. The molecule has 0 bridgehead atoms. The molecule has 0 aliphatic rings. The predicted molar refractivity (Wildman–Crippen MR) is 79.7 cm³/mol. The molecule has 0 aliphatic heterocycles. The van der Waals surface area contributed by atoms with Crippen molar-refractivity contribution in [1.82, 2.24) is 0 Å². The first-order chi connectivity index (χ1) is 9.66. The van der Waals surface area contributed by atoms with E-state index in [1.54, 1.807) is 0 Å². The van der Waals surface area contributed by atoms with Crippen LogP contribution in [0.25, 0.3) is 0 Å². The second-order valence-electron chi connectivity index (χ2n) is 5.30. The van der Waals surface area contributed by atoms with Crippen molar-refractivity contribution in [3.63, 3.8) is 0 Å². The first kappa shape index (κ1) is 18.9. The molecule has 0 radical (unpaired) electrons. The molecule has 4 nitrogen and oxygen atoms in total. The van der Waals surface area contributed by atoms with E-state index in [1.165, 1.54) is 25.7 Å². The van der Waals surface area contributed by atoms with Crippen LogP contribution >= 0.6 is 0 Å². The lowest BCUT2D eigenvalue weighted by atomic mass is 10.1. The molecule has 4 heteroatoms. The fraction of sp³-hybridized carbons (Fsp3) is 0.875. The van der Waals surface area contributed by atoms with E-state index in [0.29, 0.717) is 19.4 Å². The van der Waals surface area contributed by atoms with Crippen LogP contribution in [-0.2, 0) is 14.3 Å². The highest BCUT2D eigenvalue weighted by Gasteiger charge is 2.00. The molecule has 0 fully saturated rings. The van der Waals surface area contributed by atoms with E-state index in [-0.39, 0.29) is 5.97 Å². The average Bonchev–Trinajstić information content (AvgIpc) is 2.40. The van der Waals surface area contributed by atoms with Gasteiger partial charge >= 0.3 is 11.9 Å². The van der Waals surface area contributed by atoms with E-state index in [0.717, 1.165) is 38.5 Å². The predicted octanol–water partition coefficient (Wildman–Crippen LogP) is 4.32. The standard InChI is InChI=1S/C16H30O4/c1-2-12-16(19)20-14-11-9-7-5-3-4-6-8-10-13-15(17)18/h2-14H2,1H3,(H,17,18). The largest absolute Gasteiger partial charge is 0.481 e. The third-order valence-electron chi connectivity index (χ3n) is 3.25. The quantitative estimate of drug-likeness (QED) is 0.381. The number of ether oxygens (including phenoxy) is 1. The van der Waals surface area contributed by atoms with Crippen molar-refractivity contribution >= 4 is 11.9 Å². The minimum Gasteiger partial charge on any atom is -0.481 e. The molecule has 0 rings (SSSR count). The number of esters is 1. The molecule has 0 unspecified atom stereocenters. The number of rotatable bonds is 14. The van der Waals surface area contributed by atoms with Crippen molar-refractivity contribution in [1.29, 1.82) is 0 Å². The Hall–Kier alpha value is -1.06. The molecule has 1 N–H and O–H groups in total. The molecule has 0 heterocycles. The molecule has 118 valence electrons. The Bertz CT molecular complexity index is 251. The van der Waals surface area contributed by atoms with E-state index < -0.39 is 5.97 Å². The van der Waals surface area contributed by atoms with Crippen LogP contribution in [0.3, 0.4) is 0 Å². The van der Waals surface area contributed by atoms with Crippen molar-refractivity contribution in [2.45, 2.75) is 84.0 Å². The first-order valence-electron chi connectivity index (χ1n) is 8.04. The highest BCUT2D eigenvalue weighted by atomic mass is 16.5. The zero-order valence-electron chi connectivity index (χ0n) is 12.9. The number of hydrogen-bond acceptors (Lipinski definition) is 3. The van der Waals surface area contributed by atoms with Crippen LogP contribution in [-0.4, -0.2) is 23.7 Å². The molecule has 20 heavy (non-hydrogen) atoms. The molecular formula is C16H30O4. The van der Waals surface area contributed by atoms with Crippen molar-refractivity contribution in [3.8, 4) is 0 Å². The molecule has 0 saturated heterocycles. The molecule has 0 spiro atoms. The summed E-state index contributed by atoms with van der Waals surface area (Å²) in [6.45, 7) is 2.54. The topological polar surface area (TPSA) is 63.6 Å². The summed E-state index contributed by atoms with van der Waals surface area (Å²) in [5, 5.41) is 8.49. The Kier molecular flexibility index (Phi) is 13.6. The van der Waals surface area contributed by atoms with Gasteiger partial charge in [-0.1, -0.05) is 51.9 Å². The van der Waals surface area contributed by atoms with Crippen molar-refractivity contribution in [2.24, 2.45) is 0 Å². The monoisotopic (exact) mass is 286 g/mol. The lowest BCUT2D eigenvalue weighted by molar-refractivity contribution is -0.143. The summed E-state index contributed by atoms with van der Waals surface area (Å²) in [5.74, 6) is -0.765. The highest BCUT2D eigenvalue weighted by Crippen LogP contribution is 2.10. The van der Waals surface area contributed by atoms with Gasteiger partial charge in [-0.05, 0) is 19.3 Å². The number of unbranched alkanes of at least 4 members (excludes halogenated alkanes) is 8. The van der Waals surface area contributed by atoms with Crippen molar-refractivity contribution in [2.75, 3.05) is 6.61 Å². The minimum atomic E-state index is -0.690. The first-order valence-corrected chi connectivity index (χ1v) is 8.04. The SMILES string of the molecule is CCCC(=O)OCCCCCCCCCCCC(=O)O. The summed E-state index contributed by atoms with van der Waals surface area (Å²) in [4.78, 5) is 21.4. The third kappa shape index (κ3) is 15.0. The summed E-state index contributed by atoms with van der Waals surface area (Å²) in [6, 6.07) is 0. The maximum absolute atomic E-state index is 11.1. The van der Waals surface area contributed by atoms with Gasteiger partial charge in [0, 0.05) is 12.8 Å². The smallest absolute Gasteiger partial charge is 0.305 e. The summed E-state index contributed by atoms with van der Waals surface area (Å²) in [6.07, 6.45) is 11.6. The zero-order chi connectivity index (χ0) is 15.1. The lowest BCUT2D eigenvalue weighted by Gasteiger charge is -2.04. The van der Waals surface area contributed by atoms with Crippen LogP contribution in [0.5, 0.6) is 0 Å².